The average molecular weight is 408 g/mol. The van der Waals surface area contributed by atoms with Crippen LogP contribution in [0.25, 0.3) is 22.0 Å². The highest BCUT2D eigenvalue weighted by molar-refractivity contribution is 7.90. The Morgan fingerprint density at radius 1 is 1.10 bits per heavy atom. The number of carbonyl (C=O) groups is 1. The third kappa shape index (κ3) is 3.43. The van der Waals surface area contributed by atoms with Crippen molar-refractivity contribution in [3.63, 3.8) is 0 Å². The van der Waals surface area contributed by atoms with Crippen LogP contribution >= 0.6 is 0 Å². The molecule has 1 aromatic carbocycles. The number of ether oxygens (including phenoxy) is 1. The Labute approximate surface area is 166 Å². The third-order valence-corrected chi connectivity index (χ3v) is 6.07. The van der Waals surface area contributed by atoms with E-state index in [1.807, 2.05) is 0 Å². The lowest BCUT2D eigenvalue weighted by Crippen LogP contribution is -2.12. The molecular weight excluding hydrogens is 392 g/mol. The molecule has 146 valence electrons. The van der Waals surface area contributed by atoms with E-state index in [4.69, 9.17) is 0 Å². The number of carbonyl (C=O) groups excluding carboxylic acids is 1. The standard InChI is InChI=1S/C20H16N4O4S/c1-28-20(25)23-19-11-14(7-9-22-19)17-12-21-13-18-16(17)8-10-24(18)29(26,27)15-5-3-2-4-6-15/h2-13H,1H3,(H,22,23,25). The lowest BCUT2D eigenvalue weighted by atomic mass is 10.1. The summed E-state index contributed by atoms with van der Waals surface area (Å²) in [6, 6.07) is 13.3. The Kier molecular flexibility index (Phi) is 4.73. The molecule has 4 rings (SSSR count). The zero-order valence-electron chi connectivity index (χ0n) is 15.3. The van der Waals surface area contributed by atoms with Gasteiger partial charge in [0.2, 0.25) is 0 Å². The van der Waals surface area contributed by atoms with Crippen LogP contribution in [-0.4, -0.2) is 35.6 Å². The highest BCUT2D eigenvalue weighted by Crippen LogP contribution is 2.31. The molecule has 1 N–H and O–H groups in total. The van der Waals surface area contributed by atoms with Gasteiger partial charge in [0.15, 0.2) is 0 Å². The number of rotatable bonds is 4. The predicted molar refractivity (Wildman–Crippen MR) is 108 cm³/mol. The topological polar surface area (TPSA) is 103 Å². The zero-order valence-corrected chi connectivity index (χ0v) is 16.1. The summed E-state index contributed by atoms with van der Waals surface area (Å²) in [5.41, 5.74) is 1.88. The van der Waals surface area contributed by atoms with Crippen molar-refractivity contribution in [2.24, 2.45) is 0 Å². The van der Waals surface area contributed by atoms with Gasteiger partial charge in [-0.05, 0) is 35.9 Å². The summed E-state index contributed by atoms with van der Waals surface area (Å²) in [5.74, 6) is 0.308. The first-order valence-electron chi connectivity index (χ1n) is 8.58. The van der Waals surface area contributed by atoms with Gasteiger partial charge in [0, 0.05) is 29.5 Å². The number of hydrogen-bond donors (Lipinski definition) is 1. The molecule has 0 saturated carbocycles. The minimum absolute atomic E-state index is 0.191. The van der Waals surface area contributed by atoms with Crippen molar-refractivity contribution in [1.82, 2.24) is 13.9 Å². The second kappa shape index (κ2) is 7.36. The molecule has 1 amide bonds. The highest BCUT2D eigenvalue weighted by atomic mass is 32.2. The van der Waals surface area contributed by atoms with Crippen molar-refractivity contribution in [2.45, 2.75) is 4.90 Å². The molecule has 0 saturated heterocycles. The van der Waals surface area contributed by atoms with E-state index in [9.17, 15) is 13.2 Å². The predicted octanol–water partition coefficient (Wildman–Crippen LogP) is 3.51. The van der Waals surface area contributed by atoms with Gasteiger partial charge in [-0.15, -0.1) is 0 Å². The Morgan fingerprint density at radius 3 is 2.66 bits per heavy atom. The SMILES string of the molecule is COC(=O)Nc1cc(-c2cncc3c2ccn3S(=O)(=O)c2ccccc2)ccn1. The van der Waals surface area contributed by atoms with E-state index in [1.165, 1.54) is 29.7 Å². The molecule has 9 heteroatoms. The normalized spacial score (nSPS) is 11.3. The van der Waals surface area contributed by atoms with Crippen LogP contribution in [0.1, 0.15) is 0 Å². The van der Waals surface area contributed by atoms with Gasteiger partial charge in [0.25, 0.3) is 10.0 Å². The molecule has 29 heavy (non-hydrogen) atoms. The lowest BCUT2D eigenvalue weighted by molar-refractivity contribution is 0.187. The maximum absolute atomic E-state index is 13.0. The van der Waals surface area contributed by atoms with Gasteiger partial charge in [0.05, 0.1) is 23.7 Å². The van der Waals surface area contributed by atoms with E-state index in [2.05, 4.69) is 20.0 Å². The molecule has 0 bridgehead atoms. The molecule has 0 aliphatic carbocycles. The fourth-order valence-electron chi connectivity index (χ4n) is 3.00. The van der Waals surface area contributed by atoms with Crippen molar-refractivity contribution in [3.8, 4) is 11.1 Å². The maximum atomic E-state index is 13.0. The first-order valence-corrected chi connectivity index (χ1v) is 10.0. The Bertz CT molecular complexity index is 1300. The van der Waals surface area contributed by atoms with Crippen molar-refractivity contribution in [1.29, 1.82) is 0 Å². The van der Waals surface area contributed by atoms with E-state index in [0.717, 1.165) is 5.56 Å². The summed E-state index contributed by atoms with van der Waals surface area (Å²) < 4.78 is 31.8. The number of amides is 1. The second-order valence-corrected chi connectivity index (χ2v) is 7.91. The minimum Gasteiger partial charge on any atom is -0.453 e. The van der Waals surface area contributed by atoms with Gasteiger partial charge in [-0.3, -0.25) is 10.3 Å². The van der Waals surface area contributed by atoms with Crippen molar-refractivity contribution >= 4 is 32.8 Å². The second-order valence-electron chi connectivity index (χ2n) is 6.10. The molecule has 0 fully saturated rings. The molecule has 3 aromatic heterocycles. The number of benzene rings is 1. The monoisotopic (exact) mass is 408 g/mol. The first kappa shape index (κ1) is 18.6. The summed E-state index contributed by atoms with van der Waals surface area (Å²) in [4.78, 5) is 19.9. The van der Waals surface area contributed by atoms with Crippen LogP contribution in [0.15, 0.2) is 78.2 Å². The number of pyridine rings is 2. The molecule has 0 aliphatic rings. The number of anilines is 1. The van der Waals surface area contributed by atoms with Crippen molar-refractivity contribution < 1.29 is 17.9 Å². The summed E-state index contributed by atoms with van der Waals surface area (Å²) in [6.07, 6.45) is 5.56. The summed E-state index contributed by atoms with van der Waals surface area (Å²) in [7, 11) is -2.49. The van der Waals surface area contributed by atoms with Crippen molar-refractivity contribution in [2.75, 3.05) is 12.4 Å². The minimum atomic E-state index is -3.76. The van der Waals surface area contributed by atoms with Gasteiger partial charge in [-0.25, -0.2) is 22.2 Å². The lowest BCUT2D eigenvalue weighted by Gasteiger charge is -2.09. The average Bonchev–Trinajstić information content (AvgIpc) is 3.19. The molecule has 0 spiro atoms. The molecule has 0 unspecified atom stereocenters. The van der Waals surface area contributed by atoms with Gasteiger partial charge in [-0.2, -0.15) is 0 Å². The number of nitrogens with zero attached hydrogens (tertiary/aromatic N) is 3. The maximum Gasteiger partial charge on any atom is 0.412 e. The summed E-state index contributed by atoms with van der Waals surface area (Å²) in [5, 5.41) is 3.21. The Hall–Kier alpha value is -3.72. The number of aromatic nitrogens is 3. The number of hydrogen-bond acceptors (Lipinski definition) is 6. The van der Waals surface area contributed by atoms with Crippen LogP contribution in [-0.2, 0) is 14.8 Å². The molecular formula is C20H16N4O4S. The van der Waals surface area contributed by atoms with Crippen molar-refractivity contribution in [3.05, 3.63) is 73.3 Å². The van der Waals surface area contributed by atoms with Gasteiger partial charge in [0.1, 0.15) is 5.82 Å². The molecule has 0 aliphatic heterocycles. The molecule has 0 atom stereocenters. The fourth-order valence-corrected chi connectivity index (χ4v) is 4.35. The van der Waals surface area contributed by atoms with E-state index in [0.29, 0.717) is 22.3 Å². The van der Waals surface area contributed by atoms with Crippen LogP contribution < -0.4 is 5.32 Å². The van der Waals surface area contributed by atoms with Gasteiger partial charge in [-0.1, -0.05) is 18.2 Å². The van der Waals surface area contributed by atoms with Crippen LogP contribution in [0.5, 0.6) is 0 Å². The number of fused-ring (bicyclic) bond motifs is 1. The van der Waals surface area contributed by atoms with Crippen LogP contribution in [0.2, 0.25) is 0 Å². The number of nitrogens with one attached hydrogen (secondary N) is 1. The van der Waals surface area contributed by atoms with E-state index < -0.39 is 16.1 Å². The smallest absolute Gasteiger partial charge is 0.412 e. The summed E-state index contributed by atoms with van der Waals surface area (Å²) in [6.45, 7) is 0. The molecule has 4 aromatic rings. The summed E-state index contributed by atoms with van der Waals surface area (Å²) >= 11 is 0. The first-order chi connectivity index (χ1) is 14.0. The highest BCUT2D eigenvalue weighted by Gasteiger charge is 2.20. The van der Waals surface area contributed by atoms with E-state index in [1.54, 1.807) is 54.7 Å². The zero-order chi connectivity index (χ0) is 20.4. The van der Waals surface area contributed by atoms with Gasteiger partial charge < -0.3 is 4.74 Å². The van der Waals surface area contributed by atoms with Crippen LogP contribution in [0.4, 0.5) is 10.6 Å². The number of methoxy groups -OCH3 is 1. The third-order valence-electron chi connectivity index (χ3n) is 4.37. The molecule has 8 nitrogen and oxygen atoms in total. The molecule has 0 radical (unpaired) electrons. The van der Waals surface area contributed by atoms with Crippen LogP contribution in [0, 0.1) is 0 Å². The Morgan fingerprint density at radius 2 is 1.90 bits per heavy atom. The Balaban J connectivity index is 1.82. The largest absolute Gasteiger partial charge is 0.453 e. The van der Waals surface area contributed by atoms with E-state index in [-0.39, 0.29) is 4.90 Å². The molecule has 3 heterocycles. The van der Waals surface area contributed by atoms with Gasteiger partial charge >= 0.3 is 6.09 Å². The van der Waals surface area contributed by atoms with Crippen LogP contribution in [0.3, 0.4) is 0 Å². The quantitative estimate of drug-likeness (QED) is 0.554. The fraction of sp³-hybridized carbons (Fsp3) is 0.0500. The van der Waals surface area contributed by atoms with E-state index >= 15 is 0 Å².